The van der Waals surface area contributed by atoms with Crippen LogP contribution in [-0.4, -0.2) is 43.5 Å². The van der Waals surface area contributed by atoms with Crippen molar-refractivity contribution >= 4 is 34.1 Å². The predicted octanol–water partition coefficient (Wildman–Crippen LogP) is 3.91. The van der Waals surface area contributed by atoms with Gasteiger partial charge in [-0.1, -0.05) is 30.0 Å². The van der Waals surface area contributed by atoms with Crippen LogP contribution >= 0.6 is 23.1 Å². The van der Waals surface area contributed by atoms with Gasteiger partial charge in [0, 0.05) is 10.9 Å². The molecule has 0 aliphatic heterocycles. The van der Waals surface area contributed by atoms with Crippen molar-refractivity contribution < 1.29 is 9.53 Å². The van der Waals surface area contributed by atoms with Crippen LogP contribution in [0.4, 0.5) is 5.13 Å². The number of nitrogens with one attached hydrogen (secondary N) is 1. The van der Waals surface area contributed by atoms with E-state index in [2.05, 4.69) is 25.8 Å². The van der Waals surface area contributed by atoms with Gasteiger partial charge in [-0.3, -0.25) is 4.79 Å². The van der Waals surface area contributed by atoms with Crippen molar-refractivity contribution in [3.63, 3.8) is 0 Å². The summed E-state index contributed by atoms with van der Waals surface area (Å²) in [4.78, 5) is 17.2. The molecule has 4 aromatic rings. The van der Waals surface area contributed by atoms with Crippen LogP contribution in [0.5, 0.6) is 5.75 Å². The molecule has 0 radical (unpaired) electrons. The monoisotopic (exact) mass is 438 g/mol. The molecule has 2 aromatic carbocycles. The summed E-state index contributed by atoms with van der Waals surface area (Å²) in [5, 5.41) is 17.2. The average Bonchev–Trinajstić information content (AvgIpc) is 3.44. The SMILES string of the molecule is COc1ccc(-c2csc(NC(=O)C(C)Sc3nnnn3-c3ccccc3)n2)cc1. The number of hydrogen-bond acceptors (Lipinski definition) is 8. The minimum absolute atomic E-state index is 0.168. The Morgan fingerprint density at radius 2 is 1.93 bits per heavy atom. The van der Waals surface area contributed by atoms with E-state index in [1.807, 2.05) is 66.9 Å². The lowest BCUT2D eigenvalue weighted by Gasteiger charge is -2.10. The molecule has 0 aliphatic carbocycles. The number of anilines is 1. The van der Waals surface area contributed by atoms with E-state index in [0.717, 1.165) is 22.7 Å². The standard InChI is InChI=1S/C20H18N6O2S2/c1-13(30-20-23-24-25-26(20)15-6-4-3-5-7-15)18(27)22-19-21-17(12-29-19)14-8-10-16(28-2)11-9-14/h3-13H,1-2H3,(H,21,22,27). The molecule has 0 fully saturated rings. The Balaban J connectivity index is 1.41. The van der Waals surface area contributed by atoms with Gasteiger partial charge in [-0.05, 0) is 53.7 Å². The summed E-state index contributed by atoms with van der Waals surface area (Å²) < 4.78 is 6.79. The minimum Gasteiger partial charge on any atom is -0.497 e. The van der Waals surface area contributed by atoms with Gasteiger partial charge < -0.3 is 10.1 Å². The first-order valence-electron chi connectivity index (χ1n) is 9.05. The molecule has 0 aliphatic rings. The number of amides is 1. The van der Waals surface area contributed by atoms with Crippen molar-refractivity contribution in [1.82, 2.24) is 25.2 Å². The lowest BCUT2D eigenvalue weighted by atomic mass is 10.2. The van der Waals surface area contributed by atoms with Gasteiger partial charge in [0.2, 0.25) is 11.1 Å². The molecular weight excluding hydrogens is 420 g/mol. The molecule has 1 N–H and O–H groups in total. The van der Waals surface area contributed by atoms with Crippen LogP contribution in [0.3, 0.4) is 0 Å². The van der Waals surface area contributed by atoms with Crippen molar-refractivity contribution in [3.8, 4) is 22.7 Å². The molecule has 0 saturated carbocycles. The quantitative estimate of drug-likeness (QED) is 0.437. The smallest absolute Gasteiger partial charge is 0.239 e. The van der Waals surface area contributed by atoms with E-state index in [1.165, 1.54) is 23.1 Å². The molecule has 2 heterocycles. The fourth-order valence-corrected chi connectivity index (χ4v) is 4.16. The average molecular weight is 439 g/mol. The Labute approximate surface area is 181 Å². The molecule has 0 spiro atoms. The van der Waals surface area contributed by atoms with Crippen molar-refractivity contribution in [2.75, 3.05) is 12.4 Å². The molecule has 8 nitrogen and oxygen atoms in total. The molecular formula is C20H18N6O2S2. The van der Waals surface area contributed by atoms with Crippen LogP contribution in [-0.2, 0) is 4.79 Å². The molecule has 1 atom stereocenters. The first-order chi connectivity index (χ1) is 14.6. The number of methoxy groups -OCH3 is 1. The first kappa shape index (κ1) is 20.0. The summed E-state index contributed by atoms with van der Waals surface area (Å²) in [6.07, 6.45) is 0. The zero-order valence-corrected chi connectivity index (χ0v) is 17.9. The molecule has 0 saturated heterocycles. The second-order valence-corrected chi connectivity index (χ2v) is 8.39. The zero-order chi connectivity index (χ0) is 20.9. The van der Waals surface area contributed by atoms with Gasteiger partial charge in [-0.25, -0.2) is 4.98 Å². The fraction of sp³-hybridized carbons (Fsp3) is 0.150. The van der Waals surface area contributed by atoms with Gasteiger partial charge in [0.15, 0.2) is 5.13 Å². The third kappa shape index (κ3) is 4.50. The Hall–Kier alpha value is -3.24. The van der Waals surface area contributed by atoms with Gasteiger partial charge in [-0.15, -0.1) is 16.4 Å². The number of ether oxygens (including phenoxy) is 1. The van der Waals surface area contributed by atoms with Crippen LogP contribution in [0.15, 0.2) is 65.1 Å². The van der Waals surface area contributed by atoms with E-state index < -0.39 is 5.25 Å². The Morgan fingerprint density at radius 3 is 2.67 bits per heavy atom. The summed E-state index contributed by atoms with van der Waals surface area (Å²) in [5.41, 5.74) is 2.59. The van der Waals surface area contributed by atoms with Gasteiger partial charge in [0.05, 0.1) is 23.7 Å². The summed E-state index contributed by atoms with van der Waals surface area (Å²) in [7, 11) is 1.63. The maximum Gasteiger partial charge on any atom is 0.239 e. The van der Waals surface area contributed by atoms with E-state index in [9.17, 15) is 4.79 Å². The topological polar surface area (TPSA) is 94.8 Å². The Morgan fingerprint density at radius 1 is 1.17 bits per heavy atom. The van der Waals surface area contributed by atoms with Gasteiger partial charge >= 0.3 is 0 Å². The van der Waals surface area contributed by atoms with Gasteiger partial charge in [0.25, 0.3) is 0 Å². The second-order valence-electron chi connectivity index (χ2n) is 6.22. The van der Waals surface area contributed by atoms with E-state index >= 15 is 0 Å². The number of aromatic nitrogens is 5. The number of carbonyl (C=O) groups is 1. The van der Waals surface area contributed by atoms with Crippen LogP contribution in [0.2, 0.25) is 0 Å². The second kappa shape index (κ2) is 9.06. The lowest BCUT2D eigenvalue weighted by molar-refractivity contribution is -0.115. The van der Waals surface area contributed by atoms with Crippen LogP contribution in [0, 0.1) is 0 Å². The zero-order valence-electron chi connectivity index (χ0n) is 16.2. The molecule has 1 unspecified atom stereocenters. The van der Waals surface area contributed by atoms with Crippen LogP contribution < -0.4 is 10.1 Å². The maximum absolute atomic E-state index is 12.7. The number of hydrogen-bond donors (Lipinski definition) is 1. The van der Waals surface area contributed by atoms with Crippen molar-refractivity contribution in [2.24, 2.45) is 0 Å². The van der Waals surface area contributed by atoms with E-state index in [-0.39, 0.29) is 5.91 Å². The molecule has 30 heavy (non-hydrogen) atoms. The summed E-state index contributed by atoms with van der Waals surface area (Å²) in [6.45, 7) is 1.81. The third-order valence-corrected chi connectivity index (χ3v) is 6.00. The Kier molecular flexibility index (Phi) is 6.05. The molecule has 152 valence electrons. The number of nitrogens with zero attached hydrogens (tertiary/aromatic N) is 5. The molecule has 1 amide bonds. The number of carbonyl (C=O) groups excluding carboxylic acids is 1. The van der Waals surface area contributed by atoms with E-state index in [1.54, 1.807) is 11.8 Å². The number of thiazole rings is 1. The fourth-order valence-electron chi connectivity index (χ4n) is 2.63. The summed E-state index contributed by atoms with van der Waals surface area (Å²) in [6, 6.07) is 17.2. The van der Waals surface area contributed by atoms with Gasteiger partial charge in [0.1, 0.15) is 5.75 Å². The molecule has 0 bridgehead atoms. The van der Waals surface area contributed by atoms with Crippen LogP contribution in [0.1, 0.15) is 6.92 Å². The van der Waals surface area contributed by atoms with Crippen molar-refractivity contribution in [3.05, 3.63) is 60.0 Å². The third-order valence-electron chi connectivity index (χ3n) is 4.21. The van der Waals surface area contributed by atoms with E-state index in [4.69, 9.17) is 4.74 Å². The number of rotatable bonds is 7. The highest BCUT2D eigenvalue weighted by Crippen LogP contribution is 2.28. The highest BCUT2D eigenvalue weighted by atomic mass is 32.2. The molecule has 4 rings (SSSR count). The van der Waals surface area contributed by atoms with Gasteiger partial charge in [-0.2, -0.15) is 4.68 Å². The number of tetrazole rings is 1. The minimum atomic E-state index is -0.410. The molecule has 2 aromatic heterocycles. The highest BCUT2D eigenvalue weighted by molar-refractivity contribution is 8.00. The first-order valence-corrected chi connectivity index (χ1v) is 10.8. The lowest BCUT2D eigenvalue weighted by Crippen LogP contribution is -2.22. The summed E-state index contributed by atoms with van der Waals surface area (Å²) in [5.74, 6) is 0.615. The van der Waals surface area contributed by atoms with Crippen LogP contribution in [0.25, 0.3) is 16.9 Å². The van der Waals surface area contributed by atoms with Crippen molar-refractivity contribution in [2.45, 2.75) is 17.3 Å². The normalized spacial score (nSPS) is 11.8. The Bertz CT molecular complexity index is 1130. The maximum atomic E-state index is 12.7. The van der Waals surface area contributed by atoms with E-state index in [0.29, 0.717) is 10.3 Å². The highest BCUT2D eigenvalue weighted by Gasteiger charge is 2.20. The molecule has 10 heteroatoms. The number of thioether (sulfide) groups is 1. The number of benzene rings is 2. The van der Waals surface area contributed by atoms with Crippen molar-refractivity contribution in [1.29, 1.82) is 0 Å². The largest absolute Gasteiger partial charge is 0.497 e. The predicted molar refractivity (Wildman–Crippen MR) is 117 cm³/mol. The summed E-state index contributed by atoms with van der Waals surface area (Å²) >= 11 is 2.66. The number of para-hydroxylation sites is 1.